The molecule has 3 rings (SSSR count). The maximum atomic E-state index is 5.38. The fraction of sp³-hybridized carbons (Fsp3) is 0.333. The van der Waals surface area contributed by atoms with Gasteiger partial charge in [0.15, 0.2) is 0 Å². The fourth-order valence-electron chi connectivity index (χ4n) is 2.20. The molecule has 1 heterocycles. The Morgan fingerprint density at radius 2 is 1.65 bits per heavy atom. The van der Waals surface area contributed by atoms with Crippen molar-refractivity contribution in [2.75, 3.05) is 13.7 Å². The number of methoxy groups -OCH3 is 1. The van der Waals surface area contributed by atoms with Crippen LogP contribution in [0.15, 0.2) is 36.4 Å². The average molecular weight is 270 g/mol. The number of rotatable bonds is 1. The van der Waals surface area contributed by atoms with E-state index in [0.717, 1.165) is 24.5 Å². The Hall–Kier alpha value is -1.96. The Labute approximate surface area is 121 Å². The summed E-state index contributed by atoms with van der Waals surface area (Å²) in [4.78, 5) is 0. The molecule has 0 fully saturated rings. The van der Waals surface area contributed by atoms with Crippen LogP contribution in [0.4, 0.5) is 0 Å². The highest BCUT2D eigenvalue weighted by Crippen LogP contribution is 2.25. The van der Waals surface area contributed by atoms with Crippen molar-refractivity contribution in [3.05, 3.63) is 58.7 Å². The lowest BCUT2D eigenvalue weighted by molar-refractivity contribution is 0.356. The first-order valence-electron chi connectivity index (χ1n) is 6.93. The van der Waals surface area contributed by atoms with Crippen molar-refractivity contribution in [1.29, 1.82) is 0 Å². The Morgan fingerprint density at radius 1 is 0.950 bits per heavy atom. The number of hydrogen-bond donors (Lipinski definition) is 0. The Kier molecular flexibility index (Phi) is 4.67. The van der Waals surface area contributed by atoms with Gasteiger partial charge >= 0.3 is 0 Å². The summed E-state index contributed by atoms with van der Waals surface area (Å²) >= 11 is 0. The van der Waals surface area contributed by atoms with Gasteiger partial charge < -0.3 is 9.47 Å². The minimum atomic E-state index is 0.860. The Balaban J connectivity index is 0.000000147. The number of fused-ring (bicyclic) bond motifs is 1. The van der Waals surface area contributed by atoms with E-state index in [1.54, 1.807) is 7.11 Å². The molecule has 106 valence electrons. The molecule has 1 aliphatic heterocycles. The molecule has 1 aliphatic rings. The first kappa shape index (κ1) is 14.4. The summed E-state index contributed by atoms with van der Waals surface area (Å²) in [6, 6.07) is 12.6. The van der Waals surface area contributed by atoms with Crippen LogP contribution in [-0.4, -0.2) is 13.7 Å². The normalized spacial score (nSPS) is 12.0. The van der Waals surface area contributed by atoms with E-state index in [4.69, 9.17) is 9.47 Å². The molecule has 0 saturated heterocycles. The predicted molar refractivity (Wildman–Crippen MR) is 82.8 cm³/mol. The molecule has 0 bridgehead atoms. The van der Waals surface area contributed by atoms with Crippen LogP contribution in [0.1, 0.15) is 22.3 Å². The quantitative estimate of drug-likeness (QED) is 0.771. The second-order valence-electron chi connectivity index (χ2n) is 5.18. The minimum Gasteiger partial charge on any atom is -0.496 e. The topological polar surface area (TPSA) is 18.5 Å². The lowest BCUT2D eigenvalue weighted by Crippen LogP contribution is -1.86. The van der Waals surface area contributed by atoms with E-state index in [-0.39, 0.29) is 0 Å². The summed E-state index contributed by atoms with van der Waals surface area (Å²) in [5, 5.41) is 0. The minimum absolute atomic E-state index is 0.860. The SMILES string of the molecule is COc1cc(C)ccc1C.Cc1ccc2c(c1)OCC2. The van der Waals surface area contributed by atoms with Gasteiger partial charge in [-0.05, 0) is 55.2 Å². The number of benzene rings is 2. The predicted octanol–water partition coefficient (Wildman–Crippen LogP) is 4.24. The van der Waals surface area contributed by atoms with Crippen LogP contribution in [0.5, 0.6) is 11.5 Å². The smallest absolute Gasteiger partial charge is 0.122 e. The van der Waals surface area contributed by atoms with Crippen molar-refractivity contribution in [2.45, 2.75) is 27.2 Å². The molecular formula is C18H22O2. The number of ether oxygens (including phenoxy) is 2. The van der Waals surface area contributed by atoms with Crippen LogP contribution in [0, 0.1) is 20.8 Å². The zero-order valence-corrected chi connectivity index (χ0v) is 12.7. The summed E-state index contributed by atoms with van der Waals surface area (Å²) in [5.74, 6) is 2.06. The highest BCUT2D eigenvalue weighted by Gasteiger charge is 2.10. The second kappa shape index (κ2) is 6.47. The Bertz CT molecular complexity index is 579. The van der Waals surface area contributed by atoms with Crippen LogP contribution in [0.3, 0.4) is 0 Å². The third kappa shape index (κ3) is 3.53. The maximum Gasteiger partial charge on any atom is 0.122 e. The molecule has 0 aliphatic carbocycles. The van der Waals surface area contributed by atoms with Gasteiger partial charge in [-0.2, -0.15) is 0 Å². The number of aryl methyl sites for hydroxylation is 3. The van der Waals surface area contributed by atoms with Crippen molar-refractivity contribution in [2.24, 2.45) is 0 Å². The van der Waals surface area contributed by atoms with Crippen LogP contribution in [-0.2, 0) is 6.42 Å². The van der Waals surface area contributed by atoms with E-state index in [2.05, 4.69) is 44.2 Å². The molecule has 0 aromatic heterocycles. The number of hydrogen-bond acceptors (Lipinski definition) is 2. The molecule has 0 spiro atoms. The summed E-state index contributed by atoms with van der Waals surface area (Å²) < 4.78 is 10.5. The van der Waals surface area contributed by atoms with Gasteiger partial charge in [0.2, 0.25) is 0 Å². The van der Waals surface area contributed by atoms with Crippen LogP contribution in [0.2, 0.25) is 0 Å². The molecule has 0 atom stereocenters. The standard InChI is InChI=1S/C9H10O.C9H12O/c1-7-2-3-8-4-5-10-9(8)6-7;1-7-4-5-8(2)9(6-7)10-3/h2-3,6H,4-5H2,1H3;4-6H,1-3H3. The van der Waals surface area contributed by atoms with Gasteiger partial charge in [-0.15, -0.1) is 0 Å². The molecule has 0 unspecified atom stereocenters. The van der Waals surface area contributed by atoms with E-state index in [1.807, 2.05) is 13.0 Å². The van der Waals surface area contributed by atoms with Crippen LogP contribution in [0.25, 0.3) is 0 Å². The van der Waals surface area contributed by atoms with E-state index >= 15 is 0 Å². The maximum absolute atomic E-state index is 5.38. The highest BCUT2D eigenvalue weighted by molar-refractivity contribution is 5.39. The first-order chi connectivity index (χ1) is 9.60. The van der Waals surface area contributed by atoms with Gasteiger partial charge in [0.05, 0.1) is 13.7 Å². The fourth-order valence-corrected chi connectivity index (χ4v) is 2.20. The summed E-state index contributed by atoms with van der Waals surface area (Å²) in [7, 11) is 1.70. The molecule has 0 amide bonds. The second-order valence-corrected chi connectivity index (χ2v) is 5.18. The van der Waals surface area contributed by atoms with E-state index in [9.17, 15) is 0 Å². The van der Waals surface area contributed by atoms with Crippen LogP contribution >= 0.6 is 0 Å². The molecule has 0 saturated carbocycles. The lowest BCUT2D eigenvalue weighted by Gasteiger charge is -2.03. The van der Waals surface area contributed by atoms with Gasteiger partial charge in [-0.1, -0.05) is 24.3 Å². The van der Waals surface area contributed by atoms with E-state index < -0.39 is 0 Å². The molecule has 0 N–H and O–H groups in total. The van der Waals surface area contributed by atoms with Crippen LogP contribution < -0.4 is 9.47 Å². The Morgan fingerprint density at radius 3 is 2.35 bits per heavy atom. The van der Waals surface area contributed by atoms with Gasteiger partial charge in [0.25, 0.3) is 0 Å². The third-order valence-electron chi connectivity index (χ3n) is 3.42. The van der Waals surface area contributed by atoms with Gasteiger partial charge in [0, 0.05) is 6.42 Å². The zero-order valence-electron chi connectivity index (χ0n) is 12.7. The summed E-state index contributed by atoms with van der Waals surface area (Å²) in [5.41, 5.74) is 5.06. The van der Waals surface area contributed by atoms with Crippen molar-refractivity contribution in [3.63, 3.8) is 0 Å². The summed E-state index contributed by atoms with van der Waals surface area (Å²) in [6.45, 7) is 7.04. The highest BCUT2D eigenvalue weighted by atomic mass is 16.5. The lowest BCUT2D eigenvalue weighted by atomic mass is 10.1. The van der Waals surface area contributed by atoms with Gasteiger partial charge in [-0.3, -0.25) is 0 Å². The molecule has 0 radical (unpaired) electrons. The van der Waals surface area contributed by atoms with Crippen molar-refractivity contribution in [3.8, 4) is 11.5 Å². The largest absolute Gasteiger partial charge is 0.496 e. The zero-order chi connectivity index (χ0) is 14.5. The average Bonchev–Trinajstić information content (AvgIpc) is 2.89. The van der Waals surface area contributed by atoms with Gasteiger partial charge in [-0.25, -0.2) is 0 Å². The van der Waals surface area contributed by atoms with Gasteiger partial charge in [0.1, 0.15) is 11.5 Å². The third-order valence-corrected chi connectivity index (χ3v) is 3.42. The van der Waals surface area contributed by atoms with Crippen molar-refractivity contribution in [1.82, 2.24) is 0 Å². The molecule has 2 aromatic carbocycles. The van der Waals surface area contributed by atoms with E-state index in [0.29, 0.717) is 0 Å². The summed E-state index contributed by atoms with van der Waals surface area (Å²) in [6.07, 6.45) is 1.08. The van der Waals surface area contributed by atoms with Crippen molar-refractivity contribution < 1.29 is 9.47 Å². The van der Waals surface area contributed by atoms with Crippen molar-refractivity contribution >= 4 is 0 Å². The first-order valence-corrected chi connectivity index (χ1v) is 6.93. The molecule has 2 heteroatoms. The monoisotopic (exact) mass is 270 g/mol. The molecule has 2 aromatic rings. The van der Waals surface area contributed by atoms with E-state index in [1.165, 1.54) is 22.3 Å². The molecular weight excluding hydrogens is 248 g/mol. The molecule has 20 heavy (non-hydrogen) atoms. The molecule has 2 nitrogen and oxygen atoms in total.